The van der Waals surface area contributed by atoms with Crippen molar-refractivity contribution in [3.63, 3.8) is 0 Å². The Morgan fingerprint density at radius 1 is 1.41 bits per heavy atom. The van der Waals surface area contributed by atoms with Crippen molar-refractivity contribution in [1.82, 2.24) is 0 Å². The van der Waals surface area contributed by atoms with Gasteiger partial charge in [-0.3, -0.25) is 0 Å². The Kier molecular flexibility index (Phi) is 2.49. The molecule has 0 aromatic carbocycles. The zero-order valence-corrected chi connectivity index (χ0v) is 11.7. The maximum atomic E-state index is 6.16. The van der Waals surface area contributed by atoms with Crippen LogP contribution in [0.25, 0.3) is 0 Å². The molecule has 5 atom stereocenters. The lowest BCUT2D eigenvalue weighted by molar-refractivity contribution is -0.0561. The highest BCUT2D eigenvalue weighted by Gasteiger charge is 2.66. The molecule has 2 aliphatic carbocycles. The highest BCUT2D eigenvalue weighted by Crippen LogP contribution is 2.70. The molecule has 0 aromatic heterocycles. The third-order valence-electron chi connectivity index (χ3n) is 5.63. The van der Waals surface area contributed by atoms with E-state index in [0.29, 0.717) is 23.4 Å². The number of hydrogen-bond acceptors (Lipinski definition) is 1. The molecule has 0 amide bonds. The summed E-state index contributed by atoms with van der Waals surface area (Å²) >= 11 is 0. The maximum absolute atomic E-state index is 6.16. The Hall–Kier alpha value is -0.300. The molecule has 0 spiro atoms. The third-order valence-corrected chi connectivity index (χ3v) is 5.63. The normalized spacial score (nSPS) is 46.9. The second-order valence-electron chi connectivity index (χ2n) is 7.49. The standard InChI is InChI=1S/C16H26O/c1-9(2)6-13-14-10(3)11(8-17-13)7-12-15(14)16(12,4)5/h9,11-15H,3,6-8H2,1-2,4-5H3/t11-,12-,13+,14+,15+/m1/s1. The molecule has 3 aliphatic rings. The van der Waals surface area contributed by atoms with Gasteiger partial charge in [0.25, 0.3) is 0 Å². The minimum Gasteiger partial charge on any atom is -0.377 e. The first-order valence-electron chi connectivity index (χ1n) is 7.23. The summed E-state index contributed by atoms with van der Waals surface area (Å²) < 4.78 is 6.16. The zero-order chi connectivity index (χ0) is 12.4. The van der Waals surface area contributed by atoms with Gasteiger partial charge in [0.2, 0.25) is 0 Å². The molecule has 2 saturated carbocycles. The van der Waals surface area contributed by atoms with Crippen LogP contribution in [0.1, 0.15) is 40.5 Å². The van der Waals surface area contributed by atoms with Gasteiger partial charge >= 0.3 is 0 Å². The quantitative estimate of drug-likeness (QED) is 0.659. The first kappa shape index (κ1) is 11.8. The Balaban J connectivity index is 1.85. The highest BCUT2D eigenvalue weighted by molar-refractivity contribution is 5.26. The molecule has 0 aromatic rings. The molecule has 3 rings (SSSR count). The fourth-order valence-corrected chi connectivity index (χ4v) is 4.58. The fraction of sp³-hybridized carbons (Fsp3) is 0.875. The molecule has 2 bridgehead atoms. The van der Waals surface area contributed by atoms with Gasteiger partial charge in [-0.05, 0) is 36.0 Å². The third kappa shape index (κ3) is 1.62. The van der Waals surface area contributed by atoms with E-state index in [4.69, 9.17) is 4.74 Å². The van der Waals surface area contributed by atoms with Crippen molar-refractivity contribution in [2.45, 2.75) is 46.6 Å². The van der Waals surface area contributed by atoms with Crippen molar-refractivity contribution in [3.8, 4) is 0 Å². The molecular weight excluding hydrogens is 208 g/mol. The summed E-state index contributed by atoms with van der Waals surface area (Å²) in [6.07, 6.45) is 2.99. The van der Waals surface area contributed by atoms with Gasteiger partial charge in [0.05, 0.1) is 12.7 Å². The summed E-state index contributed by atoms with van der Waals surface area (Å²) in [4.78, 5) is 0. The average molecular weight is 234 g/mol. The summed E-state index contributed by atoms with van der Waals surface area (Å²) in [5.74, 6) is 3.85. The van der Waals surface area contributed by atoms with Crippen LogP contribution in [0, 0.1) is 35.0 Å². The van der Waals surface area contributed by atoms with Gasteiger partial charge in [-0.2, -0.15) is 0 Å². The topological polar surface area (TPSA) is 9.23 Å². The summed E-state index contributed by atoms with van der Waals surface area (Å²) in [7, 11) is 0. The van der Waals surface area contributed by atoms with Crippen LogP contribution >= 0.6 is 0 Å². The number of hydrogen-bond donors (Lipinski definition) is 0. The second-order valence-corrected chi connectivity index (χ2v) is 7.49. The molecule has 1 aliphatic heterocycles. The van der Waals surface area contributed by atoms with E-state index in [1.165, 1.54) is 18.4 Å². The predicted molar refractivity (Wildman–Crippen MR) is 70.7 cm³/mol. The first-order chi connectivity index (χ1) is 7.93. The monoisotopic (exact) mass is 234 g/mol. The molecule has 1 nitrogen and oxygen atoms in total. The predicted octanol–water partition coefficient (Wildman–Crippen LogP) is 3.90. The van der Waals surface area contributed by atoms with E-state index in [9.17, 15) is 0 Å². The van der Waals surface area contributed by atoms with Crippen molar-refractivity contribution >= 4 is 0 Å². The fourth-order valence-electron chi connectivity index (χ4n) is 4.58. The number of fused-ring (bicyclic) bond motifs is 4. The van der Waals surface area contributed by atoms with E-state index in [-0.39, 0.29) is 0 Å². The lowest BCUT2D eigenvalue weighted by Crippen LogP contribution is -2.41. The highest BCUT2D eigenvalue weighted by atomic mass is 16.5. The second kappa shape index (κ2) is 3.60. The van der Waals surface area contributed by atoms with E-state index >= 15 is 0 Å². The van der Waals surface area contributed by atoms with E-state index in [0.717, 1.165) is 24.4 Å². The van der Waals surface area contributed by atoms with Crippen molar-refractivity contribution in [2.24, 2.45) is 35.0 Å². The van der Waals surface area contributed by atoms with Gasteiger partial charge in [-0.1, -0.05) is 39.8 Å². The Bertz CT molecular complexity index is 341. The van der Waals surface area contributed by atoms with Crippen molar-refractivity contribution in [3.05, 3.63) is 12.2 Å². The van der Waals surface area contributed by atoms with Crippen LogP contribution in [-0.4, -0.2) is 12.7 Å². The number of rotatable bonds is 2. The first-order valence-corrected chi connectivity index (χ1v) is 7.23. The van der Waals surface area contributed by atoms with Crippen LogP contribution in [0.3, 0.4) is 0 Å². The Labute approximate surface area is 106 Å². The molecule has 3 fully saturated rings. The van der Waals surface area contributed by atoms with Gasteiger partial charge in [0.15, 0.2) is 0 Å². The van der Waals surface area contributed by atoms with Gasteiger partial charge in [-0.25, -0.2) is 0 Å². The van der Waals surface area contributed by atoms with Crippen LogP contribution < -0.4 is 0 Å². The van der Waals surface area contributed by atoms with E-state index in [1.807, 2.05) is 0 Å². The summed E-state index contributed by atoms with van der Waals surface area (Å²) in [6.45, 7) is 14.9. The van der Waals surface area contributed by atoms with Gasteiger partial charge in [0, 0.05) is 11.8 Å². The van der Waals surface area contributed by atoms with E-state index < -0.39 is 0 Å². The van der Waals surface area contributed by atoms with Crippen molar-refractivity contribution < 1.29 is 4.74 Å². The van der Waals surface area contributed by atoms with Gasteiger partial charge < -0.3 is 4.74 Å². The van der Waals surface area contributed by atoms with Crippen LogP contribution in [-0.2, 0) is 4.74 Å². The molecule has 0 unspecified atom stereocenters. The molecular formula is C16H26O. The average Bonchev–Trinajstić information content (AvgIpc) is 2.71. The van der Waals surface area contributed by atoms with Crippen LogP contribution in [0.15, 0.2) is 12.2 Å². The summed E-state index contributed by atoms with van der Waals surface area (Å²) in [6, 6.07) is 0. The lowest BCUT2D eigenvalue weighted by atomic mass is 9.71. The lowest BCUT2D eigenvalue weighted by Gasteiger charge is -2.42. The Morgan fingerprint density at radius 2 is 2.12 bits per heavy atom. The molecule has 0 N–H and O–H groups in total. The van der Waals surface area contributed by atoms with Crippen LogP contribution in [0.4, 0.5) is 0 Å². The maximum Gasteiger partial charge on any atom is 0.0646 e. The van der Waals surface area contributed by atoms with Gasteiger partial charge in [-0.15, -0.1) is 0 Å². The van der Waals surface area contributed by atoms with E-state index in [1.54, 1.807) is 0 Å². The smallest absolute Gasteiger partial charge is 0.0646 e. The SMILES string of the molecule is C=C1[C@H]2CO[C@@H](CC(C)C)[C@H]1[C@@H]1[C@@H](C2)C1(C)C. The molecule has 96 valence electrons. The molecule has 1 heteroatoms. The van der Waals surface area contributed by atoms with Crippen molar-refractivity contribution in [2.75, 3.05) is 6.61 Å². The summed E-state index contributed by atoms with van der Waals surface area (Å²) in [5, 5.41) is 0. The van der Waals surface area contributed by atoms with Gasteiger partial charge in [0.1, 0.15) is 0 Å². The minimum absolute atomic E-state index is 0.452. The molecule has 17 heavy (non-hydrogen) atoms. The zero-order valence-electron chi connectivity index (χ0n) is 11.7. The molecule has 1 saturated heterocycles. The molecule has 0 radical (unpaired) electrons. The van der Waals surface area contributed by atoms with E-state index in [2.05, 4.69) is 34.3 Å². The number of ether oxygens (including phenoxy) is 1. The summed E-state index contributed by atoms with van der Waals surface area (Å²) in [5.41, 5.74) is 2.07. The van der Waals surface area contributed by atoms with Crippen LogP contribution in [0.2, 0.25) is 0 Å². The van der Waals surface area contributed by atoms with Crippen molar-refractivity contribution in [1.29, 1.82) is 0 Å². The molecule has 1 heterocycles. The van der Waals surface area contributed by atoms with Crippen LogP contribution in [0.5, 0.6) is 0 Å². The minimum atomic E-state index is 0.452. The Morgan fingerprint density at radius 3 is 2.76 bits per heavy atom. The largest absolute Gasteiger partial charge is 0.377 e.